The Morgan fingerprint density at radius 2 is 1.66 bits per heavy atom. The first-order valence-corrected chi connectivity index (χ1v) is 15.1. The number of likely N-dealkylation sites (N-methyl/N-ethyl adjacent to an activating group) is 1. The Balaban J connectivity index is 1.80. The van der Waals surface area contributed by atoms with E-state index in [-0.39, 0.29) is 36.7 Å². The quantitative estimate of drug-likeness (QED) is 0.336. The van der Waals surface area contributed by atoms with Gasteiger partial charge in [-0.2, -0.15) is 13.2 Å². The van der Waals surface area contributed by atoms with Gasteiger partial charge in [0.25, 0.3) is 0 Å². The Bertz CT molecular complexity index is 1250. The summed E-state index contributed by atoms with van der Waals surface area (Å²) in [6.45, 7) is 8.56. The minimum absolute atomic E-state index is 0.0773. The van der Waals surface area contributed by atoms with E-state index in [9.17, 15) is 27.6 Å². The van der Waals surface area contributed by atoms with E-state index < -0.39 is 35.3 Å². The number of amides is 3. The maximum atomic E-state index is 13.9. The summed E-state index contributed by atoms with van der Waals surface area (Å²) in [4.78, 5) is 43.9. The van der Waals surface area contributed by atoms with E-state index in [2.05, 4.69) is 10.6 Å². The zero-order chi connectivity index (χ0) is 32.7. The predicted octanol–water partition coefficient (Wildman–Crippen LogP) is 3.78. The number of carbonyl (C=O) groups excluding carboxylic acids is 3. The average molecular weight is 618 g/mol. The van der Waals surface area contributed by atoms with Crippen molar-refractivity contribution in [2.75, 3.05) is 26.7 Å². The van der Waals surface area contributed by atoms with Crippen LogP contribution in [0, 0.1) is 5.41 Å². The first-order valence-electron chi connectivity index (χ1n) is 15.1. The number of halogens is 3. The smallest absolute Gasteiger partial charge is 0.342 e. The van der Waals surface area contributed by atoms with Crippen LogP contribution < -0.4 is 16.4 Å². The van der Waals surface area contributed by atoms with Crippen LogP contribution in [0.25, 0.3) is 0 Å². The van der Waals surface area contributed by atoms with Crippen molar-refractivity contribution in [1.29, 1.82) is 0 Å². The second kappa shape index (κ2) is 15.0. The van der Waals surface area contributed by atoms with E-state index >= 15 is 0 Å². The van der Waals surface area contributed by atoms with Crippen LogP contribution in [0.15, 0.2) is 54.6 Å². The van der Waals surface area contributed by atoms with Crippen molar-refractivity contribution >= 4 is 17.7 Å². The molecule has 44 heavy (non-hydrogen) atoms. The van der Waals surface area contributed by atoms with Crippen LogP contribution in [0.3, 0.4) is 0 Å². The number of nitrogens with one attached hydrogen (secondary N) is 2. The standard InChI is InChI=1S/C33H46F3N5O3/c1-22(38-5)29(42)39-28(32(2,3)4)31(44)41-18-9-12-26(41)21-40(19-17-23-10-7-6-8-11-23)30(43)27(37)20-24-13-15-25(16-14-24)33(34,35)36/h6-8,10-11,13-16,22,26-28,38H,9,12,17-21,37H2,1-5H3,(H,39,42)/t22-,26-,27+,28+/m0/s1. The van der Waals surface area contributed by atoms with Crippen LogP contribution in [0.2, 0.25) is 0 Å². The zero-order valence-electron chi connectivity index (χ0n) is 26.3. The van der Waals surface area contributed by atoms with E-state index in [1.54, 1.807) is 23.8 Å². The number of alkyl halides is 3. The maximum absolute atomic E-state index is 13.9. The van der Waals surface area contributed by atoms with Gasteiger partial charge in [-0.25, -0.2) is 0 Å². The molecule has 0 bridgehead atoms. The van der Waals surface area contributed by atoms with Gasteiger partial charge in [-0.15, -0.1) is 0 Å². The molecule has 0 aliphatic carbocycles. The largest absolute Gasteiger partial charge is 0.416 e. The van der Waals surface area contributed by atoms with Crippen molar-refractivity contribution in [3.63, 3.8) is 0 Å². The van der Waals surface area contributed by atoms with Gasteiger partial charge in [-0.3, -0.25) is 14.4 Å². The van der Waals surface area contributed by atoms with Gasteiger partial charge in [-0.1, -0.05) is 63.2 Å². The van der Waals surface area contributed by atoms with Gasteiger partial charge in [0.15, 0.2) is 0 Å². The molecule has 0 radical (unpaired) electrons. The van der Waals surface area contributed by atoms with E-state index in [4.69, 9.17) is 5.73 Å². The van der Waals surface area contributed by atoms with Crippen LogP contribution in [-0.2, 0) is 33.4 Å². The molecule has 3 amide bonds. The summed E-state index contributed by atoms with van der Waals surface area (Å²) in [5.41, 5.74) is 6.61. The highest BCUT2D eigenvalue weighted by molar-refractivity contribution is 5.90. The lowest BCUT2D eigenvalue weighted by molar-refractivity contribution is -0.142. The molecule has 4 N–H and O–H groups in total. The first kappa shape index (κ1) is 35.0. The Labute approximate surface area is 258 Å². The number of nitrogens with two attached hydrogens (primary N) is 1. The summed E-state index contributed by atoms with van der Waals surface area (Å²) >= 11 is 0. The lowest BCUT2D eigenvalue weighted by Crippen LogP contribution is -2.59. The van der Waals surface area contributed by atoms with Crippen LogP contribution in [0.4, 0.5) is 13.2 Å². The molecule has 1 saturated heterocycles. The lowest BCUT2D eigenvalue weighted by Gasteiger charge is -2.38. The number of likely N-dealkylation sites (tertiary alicyclic amines) is 1. The summed E-state index contributed by atoms with van der Waals surface area (Å²) in [6, 6.07) is 11.9. The number of carbonyl (C=O) groups is 3. The monoisotopic (exact) mass is 617 g/mol. The summed E-state index contributed by atoms with van der Waals surface area (Å²) < 4.78 is 39.0. The first-order chi connectivity index (χ1) is 20.6. The number of hydrogen-bond acceptors (Lipinski definition) is 5. The van der Waals surface area contributed by atoms with Crippen molar-refractivity contribution in [3.8, 4) is 0 Å². The number of rotatable bonds is 12. The number of nitrogens with zero attached hydrogens (tertiary/aromatic N) is 2. The fraction of sp³-hybridized carbons (Fsp3) is 0.545. The van der Waals surface area contributed by atoms with Crippen molar-refractivity contribution < 1.29 is 27.6 Å². The normalized spacial score (nSPS) is 17.6. The average Bonchev–Trinajstić information content (AvgIpc) is 3.44. The van der Waals surface area contributed by atoms with Gasteiger partial charge in [0, 0.05) is 25.7 Å². The van der Waals surface area contributed by atoms with Crippen molar-refractivity contribution in [3.05, 3.63) is 71.3 Å². The molecular formula is C33H46F3N5O3. The molecule has 11 heteroatoms. The molecule has 0 saturated carbocycles. The highest BCUT2D eigenvalue weighted by Crippen LogP contribution is 2.29. The highest BCUT2D eigenvalue weighted by Gasteiger charge is 2.41. The Hall–Kier alpha value is -3.44. The second-order valence-corrected chi connectivity index (χ2v) is 12.7. The van der Waals surface area contributed by atoms with E-state index in [0.29, 0.717) is 31.5 Å². The topological polar surface area (TPSA) is 108 Å². The zero-order valence-corrected chi connectivity index (χ0v) is 26.3. The molecule has 2 aromatic rings. The lowest BCUT2D eigenvalue weighted by atomic mass is 9.85. The van der Waals surface area contributed by atoms with Crippen molar-refractivity contribution in [2.45, 2.75) is 83.7 Å². The molecule has 8 nitrogen and oxygen atoms in total. The van der Waals surface area contributed by atoms with Crippen LogP contribution in [0.1, 0.15) is 57.2 Å². The van der Waals surface area contributed by atoms with Crippen LogP contribution in [0.5, 0.6) is 0 Å². The fourth-order valence-corrected chi connectivity index (χ4v) is 5.39. The van der Waals surface area contributed by atoms with Crippen molar-refractivity contribution in [2.24, 2.45) is 11.1 Å². The summed E-state index contributed by atoms with van der Waals surface area (Å²) in [6.07, 6.45) is -2.36. The minimum atomic E-state index is -4.45. The predicted molar refractivity (Wildman–Crippen MR) is 164 cm³/mol. The fourth-order valence-electron chi connectivity index (χ4n) is 5.39. The minimum Gasteiger partial charge on any atom is -0.342 e. The number of hydrogen-bond donors (Lipinski definition) is 3. The molecular weight excluding hydrogens is 571 g/mol. The molecule has 1 heterocycles. The van der Waals surface area contributed by atoms with E-state index in [1.165, 1.54) is 12.1 Å². The molecule has 1 aliphatic heterocycles. The molecule has 0 unspecified atom stereocenters. The summed E-state index contributed by atoms with van der Waals surface area (Å²) in [5.74, 6) is -0.796. The molecule has 0 aromatic heterocycles. The molecule has 1 fully saturated rings. The summed E-state index contributed by atoms with van der Waals surface area (Å²) in [5, 5.41) is 5.82. The molecule has 2 aromatic carbocycles. The van der Waals surface area contributed by atoms with E-state index in [1.807, 2.05) is 51.1 Å². The Morgan fingerprint density at radius 3 is 2.23 bits per heavy atom. The third-order valence-corrected chi connectivity index (χ3v) is 8.20. The van der Waals surface area contributed by atoms with E-state index in [0.717, 1.165) is 24.1 Å². The highest BCUT2D eigenvalue weighted by atomic mass is 19.4. The molecule has 3 rings (SSSR count). The van der Waals surface area contributed by atoms with Crippen LogP contribution in [-0.4, -0.2) is 78.4 Å². The third kappa shape index (κ3) is 9.53. The third-order valence-electron chi connectivity index (χ3n) is 8.20. The Kier molecular flexibility index (Phi) is 12.0. The van der Waals surface area contributed by atoms with Crippen molar-refractivity contribution in [1.82, 2.24) is 20.4 Å². The van der Waals surface area contributed by atoms with Gasteiger partial charge in [0.2, 0.25) is 17.7 Å². The second-order valence-electron chi connectivity index (χ2n) is 12.7. The Morgan fingerprint density at radius 1 is 1.02 bits per heavy atom. The van der Waals surface area contributed by atoms with Gasteiger partial charge in [-0.05, 0) is 68.3 Å². The molecule has 1 aliphatic rings. The molecule has 242 valence electrons. The van der Waals surface area contributed by atoms with Gasteiger partial charge in [0.1, 0.15) is 6.04 Å². The van der Waals surface area contributed by atoms with Gasteiger partial charge in [0.05, 0.1) is 17.6 Å². The van der Waals surface area contributed by atoms with Gasteiger partial charge >= 0.3 is 6.18 Å². The van der Waals surface area contributed by atoms with Crippen LogP contribution >= 0.6 is 0 Å². The van der Waals surface area contributed by atoms with Gasteiger partial charge < -0.3 is 26.2 Å². The SMILES string of the molecule is CN[C@@H](C)C(=O)N[C@H](C(=O)N1CCC[C@H]1CN(CCc1ccccc1)C(=O)[C@H](N)Cc1ccc(C(F)(F)F)cc1)C(C)(C)C. The molecule has 0 spiro atoms. The number of benzene rings is 2. The maximum Gasteiger partial charge on any atom is 0.416 e. The summed E-state index contributed by atoms with van der Waals surface area (Å²) in [7, 11) is 1.68. The molecule has 4 atom stereocenters.